The van der Waals surface area contributed by atoms with E-state index in [1.165, 1.54) is 33.0 Å². The number of benzene rings is 9. The van der Waals surface area contributed by atoms with Crippen LogP contribution in [0.1, 0.15) is 25.0 Å². The smallest absolute Gasteiger partial charge is 0.166 e. The quantitative estimate of drug-likeness (QED) is 0.151. The molecular formula is C63H43N7. The highest BCUT2D eigenvalue weighted by Crippen LogP contribution is 2.53. The van der Waals surface area contributed by atoms with Crippen LogP contribution < -0.4 is 0 Å². The van der Waals surface area contributed by atoms with Crippen molar-refractivity contribution in [2.75, 3.05) is 0 Å². The van der Waals surface area contributed by atoms with Crippen molar-refractivity contribution in [3.05, 3.63) is 236 Å². The van der Waals surface area contributed by atoms with Gasteiger partial charge in [-0.2, -0.15) is 0 Å². The minimum Gasteiger partial charge on any atom is -0.308 e. The fourth-order valence-corrected chi connectivity index (χ4v) is 10.3. The maximum absolute atomic E-state index is 5.35. The third kappa shape index (κ3) is 6.89. The molecule has 0 N–H and O–H groups in total. The molecule has 0 amide bonds. The van der Waals surface area contributed by atoms with Crippen molar-refractivity contribution in [2.45, 2.75) is 19.3 Å². The Labute approximate surface area is 405 Å². The summed E-state index contributed by atoms with van der Waals surface area (Å²) >= 11 is 0. The van der Waals surface area contributed by atoms with Gasteiger partial charge in [-0.05, 0) is 69.8 Å². The normalized spacial score (nSPS) is 12.5. The van der Waals surface area contributed by atoms with Crippen LogP contribution >= 0.6 is 0 Å². The highest BCUT2D eigenvalue weighted by Gasteiger charge is 2.37. The lowest BCUT2D eigenvalue weighted by Crippen LogP contribution is -2.14. The molecule has 3 heterocycles. The van der Waals surface area contributed by atoms with Crippen molar-refractivity contribution in [2.24, 2.45) is 0 Å². The summed E-state index contributed by atoms with van der Waals surface area (Å²) in [6.07, 6.45) is 0. The van der Waals surface area contributed by atoms with E-state index in [-0.39, 0.29) is 5.41 Å². The molecule has 3 aromatic heterocycles. The van der Waals surface area contributed by atoms with Crippen molar-refractivity contribution in [1.82, 2.24) is 34.5 Å². The van der Waals surface area contributed by atoms with E-state index in [9.17, 15) is 0 Å². The average molecular weight is 898 g/mol. The molecular weight excluding hydrogens is 855 g/mol. The van der Waals surface area contributed by atoms with E-state index in [1.54, 1.807) is 0 Å². The van der Waals surface area contributed by atoms with Gasteiger partial charge in [0.25, 0.3) is 0 Å². The summed E-state index contributed by atoms with van der Waals surface area (Å²) in [5, 5.41) is 2.40. The molecule has 7 nitrogen and oxygen atoms in total. The molecule has 0 bridgehead atoms. The van der Waals surface area contributed by atoms with Crippen molar-refractivity contribution in [3.63, 3.8) is 0 Å². The van der Waals surface area contributed by atoms with Gasteiger partial charge in [0, 0.05) is 49.6 Å². The first-order valence-electron chi connectivity index (χ1n) is 23.6. The minimum atomic E-state index is -0.159. The minimum absolute atomic E-state index is 0.159. The second-order valence-electron chi connectivity index (χ2n) is 18.3. The maximum atomic E-state index is 5.35. The zero-order valence-corrected chi connectivity index (χ0v) is 38.5. The highest BCUT2D eigenvalue weighted by atomic mass is 15.1. The van der Waals surface area contributed by atoms with E-state index in [4.69, 9.17) is 29.9 Å². The van der Waals surface area contributed by atoms with Crippen LogP contribution in [0.25, 0.3) is 118 Å². The van der Waals surface area contributed by atoms with Crippen LogP contribution in [0.15, 0.2) is 224 Å². The summed E-state index contributed by atoms with van der Waals surface area (Å²) in [4.78, 5) is 31.4. The van der Waals surface area contributed by atoms with E-state index in [2.05, 4.69) is 146 Å². The van der Waals surface area contributed by atoms with Crippen LogP contribution in [-0.4, -0.2) is 34.5 Å². The molecule has 0 spiro atoms. The lowest BCUT2D eigenvalue weighted by atomic mass is 9.82. The van der Waals surface area contributed by atoms with Gasteiger partial charge >= 0.3 is 0 Å². The summed E-state index contributed by atoms with van der Waals surface area (Å²) < 4.78 is 2.38. The first-order chi connectivity index (χ1) is 34.5. The zero-order valence-electron chi connectivity index (χ0n) is 38.5. The van der Waals surface area contributed by atoms with Crippen molar-refractivity contribution < 1.29 is 0 Å². The number of rotatable bonds is 8. The average Bonchev–Trinajstić information content (AvgIpc) is 3.89. The molecule has 0 fully saturated rings. The maximum Gasteiger partial charge on any atom is 0.166 e. The van der Waals surface area contributed by atoms with E-state index < -0.39 is 0 Å². The lowest BCUT2D eigenvalue weighted by Gasteiger charge is -2.21. The third-order valence-electron chi connectivity index (χ3n) is 13.7. The largest absolute Gasteiger partial charge is 0.308 e. The number of nitrogens with zero attached hydrogens (tertiary/aromatic N) is 7. The van der Waals surface area contributed by atoms with Crippen LogP contribution in [0.4, 0.5) is 0 Å². The molecule has 0 unspecified atom stereocenters. The summed E-state index contributed by atoms with van der Waals surface area (Å²) in [5.41, 5.74) is 15.5. The molecule has 0 saturated carbocycles. The number of aromatic nitrogens is 7. The Kier molecular flexibility index (Phi) is 9.69. The molecule has 0 aliphatic heterocycles. The third-order valence-corrected chi connectivity index (χ3v) is 13.7. The number of fused-ring (bicyclic) bond motifs is 7. The van der Waals surface area contributed by atoms with Gasteiger partial charge in [0.1, 0.15) is 0 Å². The summed E-state index contributed by atoms with van der Waals surface area (Å²) in [6, 6.07) is 77.8. The summed E-state index contributed by atoms with van der Waals surface area (Å²) in [7, 11) is 0. The second-order valence-corrected chi connectivity index (χ2v) is 18.3. The number of hydrogen-bond donors (Lipinski definition) is 0. The van der Waals surface area contributed by atoms with Crippen LogP contribution in [0.3, 0.4) is 0 Å². The first kappa shape index (κ1) is 41.0. The molecule has 0 radical (unpaired) electrons. The highest BCUT2D eigenvalue weighted by molar-refractivity contribution is 6.18. The van der Waals surface area contributed by atoms with Crippen LogP contribution in [0, 0.1) is 0 Å². The van der Waals surface area contributed by atoms with E-state index >= 15 is 0 Å². The Morgan fingerprint density at radius 1 is 0.314 bits per heavy atom. The second kappa shape index (κ2) is 16.5. The van der Waals surface area contributed by atoms with Crippen LogP contribution in [-0.2, 0) is 5.41 Å². The molecule has 0 saturated heterocycles. The Hall–Kier alpha value is -9.20. The number of hydrogen-bond acceptors (Lipinski definition) is 6. The van der Waals surface area contributed by atoms with Gasteiger partial charge < -0.3 is 4.57 Å². The zero-order chi connectivity index (χ0) is 46.8. The predicted molar refractivity (Wildman–Crippen MR) is 283 cm³/mol. The monoisotopic (exact) mass is 897 g/mol. The Bertz CT molecular complexity index is 3900. The lowest BCUT2D eigenvalue weighted by molar-refractivity contribution is 0.661. The molecule has 330 valence electrons. The molecule has 12 aromatic rings. The molecule has 7 heteroatoms. The van der Waals surface area contributed by atoms with E-state index in [0.717, 1.165) is 61.2 Å². The van der Waals surface area contributed by atoms with Crippen molar-refractivity contribution in [1.29, 1.82) is 0 Å². The summed E-state index contributed by atoms with van der Waals surface area (Å²) in [5.74, 6) is 3.36. The van der Waals surface area contributed by atoms with Gasteiger partial charge in [0.2, 0.25) is 0 Å². The molecule has 0 atom stereocenters. The predicted octanol–water partition coefficient (Wildman–Crippen LogP) is 15.1. The fraction of sp³-hybridized carbons (Fsp3) is 0.0476. The van der Waals surface area contributed by atoms with Gasteiger partial charge in [-0.25, -0.2) is 29.9 Å². The van der Waals surface area contributed by atoms with Gasteiger partial charge in [-0.1, -0.05) is 202 Å². The van der Waals surface area contributed by atoms with Gasteiger partial charge in [-0.3, -0.25) is 0 Å². The van der Waals surface area contributed by atoms with Gasteiger partial charge in [0.05, 0.1) is 16.7 Å². The summed E-state index contributed by atoms with van der Waals surface area (Å²) in [6.45, 7) is 4.68. The van der Waals surface area contributed by atoms with Crippen LogP contribution in [0.5, 0.6) is 0 Å². The van der Waals surface area contributed by atoms with Gasteiger partial charge in [-0.15, -0.1) is 0 Å². The van der Waals surface area contributed by atoms with Crippen LogP contribution in [0.2, 0.25) is 0 Å². The fourth-order valence-electron chi connectivity index (χ4n) is 10.3. The molecule has 13 rings (SSSR count). The molecule has 9 aromatic carbocycles. The van der Waals surface area contributed by atoms with Crippen molar-refractivity contribution >= 4 is 21.8 Å². The molecule has 1 aliphatic rings. The molecule has 70 heavy (non-hydrogen) atoms. The van der Waals surface area contributed by atoms with E-state index in [1.807, 2.05) is 97.1 Å². The first-order valence-corrected chi connectivity index (χ1v) is 23.6. The SMILES string of the molecule is CC1(C)c2ccccc2-c2c1ccc1c2c2ccccc2n1-c1ccc(-c2nc(-c3ccccc3)nc(-c3cccc(-c4ccccc4)c3)n2)cc1-c1nc(-c2ccccc2)nc(-c2ccccc2)n1. The van der Waals surface area contributed by atoms with E-state index in [0.29, 0.717) is 34.9 Å². The Morgan fingerprint density at radius 3 is 1.40 bits per heavy atom. The van der Waals surface area contributed by atoms with Gasteiger partial charge in [0.15, 0.2) is 34.9 Å². The topological polar surface area (TPSA) is 82.3 Å². The molecule has 1 aliphatic carbocycles. The number of para-hydroxylation sites is 1. The Balaban J connectivity index is 1.09. The van der Waals surface area contributed by atoms with Crippen molar-refractivity contribution in [3.8, 4) is 96.3 Å². The standard InChI is InChI=1S/C63H43N7/c1-63(2)50-32-17-15-30-47(50)55-51(63)35-37-54-56(55)48-31-16-18-33-52(48)70(54)53-36-34-46(39-49(53)62-68-58(42-24-11-5-12-25-42)64-59(69-62)43-26-13-6-14-27-43)61-66-57(41-22-9-4-10-23-41)65-60(67-61)45-29-19-28-44(38-45)40-20-7-3-8-21-40/h3-39H,1-2H3. The Morgan fingerprint density at radius 2 is 0.786 bits per heavy atom.